The lowest BCUT2D eigenvalue weighted by Crippen LogP contribution is -2.46. The molecule has 1 N–H and O–H groups in total. The summed E-state index contributed by atoms with van der Waals surface area (Å²) in [5.74, 6) is 0.298. The number of aliphatic hydroxyl groups is 1. The van der Waals surface area contributed by atoms with Crippen molar-refractivity contribution in [2.45, 2.75) is 31.7 Å². The first-order valence-electron chi connectivity index (χ1n) is 6.38. The molecule has 0 bridgehead atoms. The normalized spacial score (nSPS) is 19.4. The van der Waals surface area contributed by atoms with Gasteiger partial charge in [-0.1, -0.05) is 0 Å². The lowest BCUT2D eigenvalue weighted by Gasteiger charge is -2.31. The summed E-state index contributed by atoms with van der Waals surface area (Å²) in [6.45, 7) is 0.739. The maximum absolute atomic E-state index is 11.8. The molecule has 0 aliphatic carbocycles. The van der Waals surface area contributed by atoms with Crippen molar-refractivity contribution in [2.75, 3.05) is 18.1 Å². The molecular formula is C12H17N3O4. The zero-order valence-corrected chi connectivity index (χ0v) is 10.6. The monoisotopic (exact) mass is 267 g/mol. The SMILES string of the molecule is O=[N+]([O-])c1cc[n+]([O-])c(N2CCCCC2CCO)c1. The fraction of sp³-hybridized carbons (Fsp3) is 0.583. The molecule has 2 heterocycles. The molecule has 1 fully saturated rings. The van der Waals surface area contributed by atoms with Gasteiger partial charge in [-0.3, -0.25) is 15.0 Å². The molecule has 1 aromatic heterocycles. The maximum Gasteiger partial charge on any atom is 0.286 e. The Morgan fingerprint density at radius 2 is 2.32 bits per heavy atom. The van der Waals surface area contributed by atoms with Crippen LogP contribution < -0.4 is 9.63 Å². The number of rotatable bonds is 4. The van der Waals surface area contributed by atoms with E-state index in [0.29, 0.717) is 23.5 Å². The van der Waals surface area contributed by atoms with Crippen molar-refractivity contribution in [3.63, 3.8) is 0 Å². The number of aliphatic hydroxyl groups excluding tert-OH is 1. The predicted octanol–water partition coefficient (Wildman–Crippen LogP) is 0.969. The molecule has 1 unspecified atom stereocenters. The molecule has 0 aromatic carbocycles. The van der Waals surface area contributed by atoms with Gasteiger partial charge < -0.3 is 10.3 Å². The molecule has 7 nitrogen and oxygen atoms in total. The van der Waals surface area contributed by atoms with Crippen molar-refractivity contribution in [3.8, 4) is 0 Å². The summed E-state index contributed by atoms with van der Waals surface area (Å²) in [5.41, 5.74) is -0.0876. The Morgan fingerprint density at radius 1 is 1.53 bits per heavy atom. The molecule has 7 heteroatoms. The zero-order valence-electron chi connectivity index (χ0n) is 10.6. The summed E-state index contributed by atoms with van der Waals surface area (Å²) < 4.78 is 0.655. The van der Waals surface area contributed by atoms with Gasteiger partial charge in [0.05, 0.1) is 23.6 Å². The third kappa shape index (κ3) is 2.93. The number of hydrogen-bond donors (Lipinski definition) is 1. The topological polar surface area (TPSA) is 93.5 Å². The number of nitro groups is 1. The van der Waals surface area contributed by atoms with Crippen molar-refractivity contribution in [1.29, 1.82) is 0 Å². The van der Waals surface area contributed by atoms with Gasteiger partial charge in [-0.2, -0.15) is 0 Å². The molecule has 0 amide bonds. The number of hydrogen-bond acceptors (Lipinski definition) is 5. The summed E-state index contributed by atoms with van der Waals surface area (Å²) in [5, 5.41) is 31.7. The standard InChI is InChI=1S/C12H17N3O4/c16-8-5-10-3-1-2-6-13(10)12-9-11(15(18)19)4-7-14(12)17/h4,7,9-10,16H,1-3,5-6,8H2. The third-order valence-electron chi connectivity index (χ3n) is 3.48. The molecule has 0 saturated carbocycles. The van der Waals surface area contributed by atoms with E-state index < -0.39 is 4.92 Å². The molecule has 0 radical (unpaired) electrons. The van der Waals surface area contributed by atoms with Gasteiger partial charge in [-0.25, -0.2) is 4.73 Å². The third-order valence-corrected chi connectivity index (χ3v) is 3.48. The smallest absolute Gasteiger partial charge is 0.286 e. The van der Waals surface area contributed by atoms with Crippen LogP contribution in [-0.4, -0.2) is 29.2 Å². The Morgan fingerprint density at radius 3 is 3.00 bits per heavy atom. The zero-order chi connectivity index (χ0) is 13.8. The Bertz CT molecular complexity index is 464. The molecule has 1 atom stereocenters. The Labute approximate surface area is 110 Å². The second kappa shape index (κ2) is 5.83. The van der Waals surface area contributed by atoms with Crippen LogP contribution in [0.5, 0.6) is 0 Å². The minimum atomic E-state index is -0.505. The summed E-state index contributed by atoms with van der Waals surface area (Å²) in [4.78, 5) is 12.2. The number of anilines is 1. The highest BCUT2D eigenvalue weighted by atomic mass is 16.6. The van der Waals surface area contributed by atoms with Crippen molar-refractivity contribution in [2.24, 2.45) is 0 Å². The quantitative estimate of drug-likeness (QED) is 0.379. The van der Waals surface area contributed by atoms with E-state index in [1.165, 1.54) is 12.1 Å². The van der Waals surface area contributed by atoms with E-state index in [1.807, 2.05) is 4.90 Å². The van der Waals surface area contributed by atoms with Gasteiger partial charge in [0.15, 0.2) is 0 Å². The highest BCUT2D eigenvalue weighted by Gasteiger charge is 2.31. The number of aromatic nitrogens is 1. The number of piperidine rings is 1. The average molecular weight is 267 g/mol. The second-order valence-electron chi connectivity index (χ2n) is 4.68. The minimum Gasteiger partial charge on any atom is -0.711 e. The average Bonchev–Trinajstić information content (AvgIpc) is 2.40. The Kier molecular flexibility index (Phi) is 4.16. The van der Waals surface area contributed by atoms with Crippen molar-refractivity contribution in [3.05, 3.63) is 33.7 Å². The first kappa shape index (κ1) is 13.5. The second-order valence-corrected chi connectivity index (χ2v) is 4.68. The fourth-order valence-electron chi connectivity index (χ4n) is 2.54. The van der Waals surface area contributed by atoms with Crippen molar-refractivity contribution < 1.29 is 14.8 Å². The van der Waals surface area contributed by atoms with E-state index in [0.717, 1.165) is 25.5 Å². The van der Waals surface area contributed by atoms with Crippen LogP contribution in [-0.2, 0) is 0 Å². The van der Waals surface area contributed by atoms with Gasteiger partial charge in [-0.05, 0) is 19.3 Å². The van der Waals surface area contributed by atoms with E-state index in [1.54, 1.807) is 0 Å². The van der Waals surface area contributed by atoms with E-state index in [-0.39, 0.29) is 18.3 Å². The molecular weight excluding hydrogens is 250 g/mol. The Balaban J connectivity index is 2.32. The van der Waals surface area contributed by atoms with E-state index in [9.17, 15) is 15.3 Å². The summed E-state index contributed by atoms with van der Waals surface area (Å²) in [6.07, 6.45) is 4.63. The molecule has 1 saturated heterocycles. The lowest BCUT2D eigenvalue weighted by molar-refractivity contribution is -0.593. The van der Waals surface area contributed by atoms with Crippen LogP contribution in [0.3, 0.4) is 0 Å². The van der Waals surface area contributed by atoms with Crippen LogP contribution >= 0.6 is 0 Å². The molecule has 1 aromatic rings. The van der Waals surface area contributed by atoms with Gasteiger partial charge in [0.25, 0.3) is 11.5 Å². The first-order chi connectivity index (χ1) is 9.13. The minimum absolute atomic E-state index is 0.0505. The molecule has 2 rings (SSSR count). The van der Waals surface area contributed by atoms with E-state index in [4.69, 9.17) is 5.11 Å². The number of pyridine rings is 1. The summed E-state index contributed by atoms with van der Waals surface area (Å²) in [6, 6.07) is 2.57. The highest BCUT2D eigenvalue weighted by molar-refractivity contribution is 5.44. The van der Waals surface area contributed by atoms with Gasteiger partial charge in [0, 0.05) is 13.0 Å². The molecule has 19 heavy (non-hydrogen) atoms. The first-order valence-corrected chi connectivity index (χ1v) is 6.38. The molecule has 1 aliphatic rings. The molecule has 0 spiro atoms. The van der Waals surface area contributed by atoms with Crippen LogP contribution in [0, 0.1) is 15.3 Å². The van der Waals surface area contributed by atoms with Gasteiger partial charge in [-0.15, -0.1) is 0 Å². The van der Waals surface area contributed by atoms with Gasteiger partial charge in [0.1, 0.15) is 12.3 Å². The van der Waals surface area contributed by atoms with Crippen LogP contribution in [0.25, 0.3) is 0 Å². The fourth-order valence-corrected chi connectivity index (χ4v) is 2.54. The van der Waals surface area contributed by atoms with Crippen molar-refractivity contribution in [1.82, 2.24) is 0 Å². The highest BCUT2D eigenvalue weighted by Crippen LogP contribution is 2.26. The molecule has 1 aliphatic heterocycles. The maximum atomic E-state index is 11.8. The van der Waals surface area contributed by atoms with Gasteiger partial charge in [0.2, 0.25) is 0 Å². The van der Waals surface area contributed by atoms with Crippen LogP contribution in [0.2, 0.25) is 0 Å². The van der Waals surface area contributed by atoms with Crippen LogP contribution in [0.15, 0.2) is 18.3 Å². The van der Waals surface area contributed by atoms with E-state index >= 15 is 0 Å². The Hall–Kier alpha value is -1.89. The molecule has 104 valence electrons. The van der Waals surface area contributed by atoms with Crippen LogP contribution in [0.4, 0.5) is 11.5 Å². The lowest BCUT2D eigenvalue weighted by atomic mass is 9.99. The summed E-state index contributed by atoms with van der Waals surface area (Å²) in [7, 11) is 0. The van der Waals surface area contributed by atoms with Gasteiger partial charge >= 0.3 is 0 Å². The summed E-state index contributed by atoms with van der Waals surface area (Å²) >= 11 is 0. The predicted molar refractivity (Wildman–Crippen MR) is 68.7 cm³/mol. The largest absolute Gasteiger partial charge is 0.711 e. The van der Waals surface area contributed by atoms with E-state index in [2.05, 4.69) is 0 Å². The number of nitrogens with zero attached hydrogens (tertiary/aromatic N) is 3. The van der Waals surface area contributed by atoms with Crippen molar-refractivity contribution >= 4 is 11.5 Å². The van der Waals surface area contributed by atoms with Crippen LogP contribution in [0.1, 0.15) is 25.7 Å².